The SMILES string of the molecule is C=P(O)(O)CN(Cc1ccccc1O)CC(CCCCCC(=O)CCC)N(Cc1ccccc1O)CP(=O)(O)O. The summed E-state index contributed by atoms with van der Waals surface area (Å²) in [6.45, 7) is 2.37. The highest BCUT2D eigenvalue weighted by molar-refractivity contribution is 7.62. The Morgan fingerprint density at radius 1 is 0.850 bits per heavy atom. The second kappa shape index (κ2) is 16.4. The highest BCUT2D eigenvalue weighted by Gasteiger charge is 2.29. The van der Waals surface area contributed by atoms with Gasteiger partial charge in [0.05, 0.1) is 6.29 Å². The van der Waals surface area contributed by atoms with Crippen LogP contribution in [0.5, 0.6) is 11.5 Å². The maximum atomic E-state index is 12.2. The average molecular weight is 599 g/mol. The van der Waals surface area contributed by atoms with Gasteiger partial charge in [0.15, 0.2) is 0 Å². The first-order valence-electron chi connectivity index (χ1n) is 13.5. The number of ketones is 1. The summed E-state index contributed by atoms with van der Waals surface area (Å²) in [5, 5.41) is 20.7. The van der Waals surface area contributed by atoms with Crippen molar-refractivity contribution in [1.29, 1.82) is 0 Å². The molecule has 0 bridgehead atoms. The monoisotopic (exact) mass is 598 g/mol. The first-order chi connectivity index (χ1) is 18.8. The lowest BCUT2D eigenvalue weighted by Gasteiger charge is -2.37. The molecule has 0 aliphatic rings. The average Bonchev–Trinajstić information content (AvgIpc) is 2.84. The zero-order chi connectivity index (χ0) is 29.8. The van der Waals surface area contributed by atoms with Crippen molar-refractivity contribution < 1.29 is 39.1 Å². The first-order valence-corrected chi connectivity index (χ1v) is 17.4. The summed E-state index contributed by atoms with van der Waals surface area (Å²) < 4.78 is 12.2. The fourth-order valence-corrected chi connectivity index (χ4v) is 6.40. The van der Waals surface area contributed by atoms with Crippen LogP contribution in [-0.2, 0) is 22.4 Å². The van der Waals surface area contributed by atoms with E-state index in [1.165, 1.54) is 12.1 Å². The van der Waals surface area contributed by atoms with E-state index in [9.17, 15) is 39.1 Å². The number of unbranched alkanes of at least 4 members (excludes halogenated alkanes) is 2. The number of phenols is 2. The van der Waals surface area contributed by atoms with Gasteiger partial charge in [-0.2, -0.15) is 0 Å². The number of carbonyl (C=O) groups is 1. The van der Waals surface area contributed by atoms with E-state index in [0.29, 0.717) is 43.2 Å². The van der Waals surface area contributed by atoms with Crippen LogP contribution in [0.2, 0.25) is 0 Å². The molecule has 0 saturated heterocycles. The molecule has 0 aliphatic carbocycles. The number of para-hydroxylation sites is 2. The molecule has 2 aromatic carbocycles. The lowest BCUT2D eigenvalue weighted by molar-refractivity contribution is -0.119. The predicted molar refractivity (Wildman–Crippen MR) is 159 cm³/mol. The van der Waals surface area contributed by atoms with Crippen molar-refractivity contribution in [2.24, 2.45) is 0 Å². The first kappa shape index (κ1) is 34.2. The summed E-state index contributed by atoms with van der Waals surface area (Å²) in [5.41, 5.74) is 1.06. The summed E-state index contributed by atoms with van der Waals surface area (Å²) in [5.74, 6) is 0.272. The van der Waals surface area contributed by atoms with Crippen LogP contribution >= 0.6 is 14.9 Å². The molecule has 0 heterocycles. The molecule has 0 spiro atoms. The zero-order valence-electron chi connectivity index (χ0n) is 23.2. The van der Waals surface area contributed by atoms with Gasteiger partial charge in [-0.25, -0.2) is 0 Å². The number of rotatable bonds is 19. The van der Waals surface area contributed by atoms with E-state index >= 15 is 0 Å². The number of phenolic OH excluding ortho intramolecular Hbond substituents is 2. The minimum Gasteiger partial charge on any atom is -0.508 e. The third-order valence-electron chi connectivity index (χ3n) is 6.55. The molecule has 10 nitrogen and oxygen atoms in total. The molecule has 6 N–H and O–H groups in total. The van der Waals surface area contributed by atoms with Crippen LogP contribution in [0, 0.1) is 0 Å². The van der Waals surface area contributed by atoms with Gasteiger partial charge in [-0.05, 0) is 31.4 Å². The molecule has 40 heavy (non-hydrogen) atoms. The maximum absolute atomic E-state index is 12.2. The van der Waals surface area contributed by atoms with Gasteiger partial charge in [0.2, 0.25) is 0 Å². The van der Waals surface area contributed by atoms with Crippen molar-refractivity contribution in [1.82, 2.24) is 9.80 Å². The van der Waals surface area contributed by atoms with Gasteiger partial charge in [0, 0.05) is 49.6 Å². The molecule has 0 aromatic heterocycles. The third kappa shape index (κ3) is 13.6. The summed E-state index contributed by atoms with van der Waals surface area (Å²) in [6, 6.07) is 12.8. The van der Waals surface area contributed by atoms with Crippen molar-refractivity contribution >= 4 is 27.0 Å². The van der Waals surface area contributed by atoms with E-state index in [1.54, 1.807) is 46.2 Å². The fourth-order valence-electron chi connectivity index (χ4n) is 4.74. The second-order valence-electron chi connectivity index (χ2n) is 10.4. The number of benzene rings is 2. The fraction of sp³-hybridized carbons (Fsp3) is 0.500. The smallest absolute Gasteiger partial charge is 0.339 e. The summed E-state index contributed by atoms with van der Waals surface area (Å²) in [7, 11) is -8.05. The summed E-state index contributed by atoms with van der Waals surface area (Å²) >= 11 is 0. The lowest BCUT2D eigenvalue weighted by atomic mass is 10.0. The van der Waals surface area contributed by atoms with Gasteiger partial charge in [-0.1, -0.05) is 62.5 Å². The lowest BCUT2D eigenvalue weighted by Crippen LogP contribution is -2.44. The van der Waals surface area contributed by atoms with E-state index in [0.717, 1.165) is 12.8 Å². The topological polar surface area (TPSA) is 162 Å². The Labute approximate surface area is 237 Å². The van der Waals surface area contributed by atoms with Crippen molar-refractivity contribution in [3.8, 4) is 11.5 Å². The van der Waals surface area contributed by atoms with Gasteiger partial charge in [0.25, 0.3) is 0 Å². The zero-order valence-corrected chi connectivity index (χ0v) is 25.0. The Morgan fingerprint density at radius 3 is 1.95 bits per heavy atom. The molecular weight excluding hydrogens is 554 g/mol. The van der Waals surface area contributed by atoms with E-state index in [4.69, 9.17) is 0 Å². The van der Waals surface area contributed by atoms with Gasteiger partial charge in [-0.3, -0.25) is 19.2 Å². The van der Waals surface area contributed by atoms with E-state index in [2.05, 4.69) is 6.30 Å². The Hall–Kier alpha value is -2.00. The third-order valence-corrected chi connectivity index (χ3v) is 8.13. The quantitative estimate of drug-likeness (QED) is 0.101. The minimum absolute atomic E-state index is 0.00544. The molecule has 0 aliphatic heterocycles. The molecule has 2 aromatic rings. The highest BCUT2D eigenvalue weighted by atomic mass is 31.2. The molecule has 0 amide bonds. The van der Waals surface area contributed by atoms with Crippen molar-refractivity contribution in [3.05, 3.63) is 59.7 Å². The second-order valence-corrected chi connectivity index (χ2v) is 14.0. The molecule has 224 valence electrons. The van der Waals surface area contributed by atoms with Crippen LogP contribution in [0.4, 0.5) is 0 Å². The Balaban J connectivity index is 2.34. The van der Waals surface area contributed by atoms with Crippen LogP contribution in [0.1, 0.15) is 63.0 Å². The molecule has 0 fully saturated rings. The van der Waals surface area contributed by atoms with E-state index < -0.39 is 27.3 Å². The van der Waals surface area contributed by atoms with Crippen LogP contribution in [0.3, 0.4) is 0 Å². The van der Waals surface area contributed by atoms with Crippen LogP contribution in [-0.4, -0.2) is 76.8 Å². The summed E-state index contributed by atoms with van der Waals surface area (Å²) in [4.78, 5) is 55.6. The Kier molecular flexibility index (Phi) is 14.1. The number of carbonyl (C=O) groups excluding carboxylic acids is 1. The molecule has 0 radical (unpaired) electrons. The number of nitrogens with zero attached hydrogens (tertiary/aromatic N) is 2. The number of Topliss-reactive ketones (excluding diaryl/α,β-unsaturated/α-hetero) is 1. The molecule has 1 atom stereocenters. The minimum atomic E-state index is -4.52. The molecular formula is C28H44N2O8P2. The van der Waals surface area contributed by atoms with Crippen LogP contribution in [0.25, 0.3) is 0 Å². The Bertz CT molecular complexity index is 1170. The van der Waals surface area contributed by atoms with Gasteiger partial charge < -0.3 is 29.8 Å². The van der Waals surface area contributed by atoms with Crippen LogP contribution in [0.15, 0.2) is 48.5 Å². The largest absolute Gasteiger partial charge is 0.508 e. The number of hydrogen-bond acceptors (Lipinski definition) is 8. The highest BCUT2D eigenvalue weighted by Crippen LogP contribution is 2.39. The van der Waals surface area contributed by atoms with Gasteiger partial charge in [0.1, 0.15) is 30.9 Å². The normalized spacial score (nSPS) is 13.2. The predicted octanol–water partition coefficient (Wildman–Crippen LogP) is 4.45. The van der Waals surface area contributed by atoms with Crippen molar-refractivity contribution in [2.75, 3.05) is 19.1 Å². The maximum Gasteiger partial charge on any atom is 0.339 e. The Morgan fingerprint density at radius 2 is 1.43 bits per heavy atom. The number of aromatic hydroxyl groups is 2. The number of hydrogen-bond donors (Lipinski definition) is 6. The van der Waals surface area contributed by atoms with Gasteiger partial charge >= 0.3 is 7.60 Å². The molecule has 2 rings (SSSR count). The molecule has 12 heteroatoms. The van der Waals surface area contributed by atoms with Crippen LogP contribution < -0.4 is 0 Å². The van der Waals surface area contributed by atoms with Crippen molar-refractivity contribution in [3.63, 3.8) is 0 Å². The molecule has 1 unspecified atom stereocenters. The standard InChI is InChI=1S/C28H44N2O8P2/c1-3-11-26(31)15-6-4-5-14-25(30(22-40(36,37)38)19-24-13-8-10-17-28(24)33)20-29(21-39(2,34)35)18-23-12-7-9-16-27(23)32/h7-10,12-13,16-17,25,32-35H,2-6,11,14-15,18-22H2,1H3,(H2,36,37,38). The van der Waals surface area contributed by atoms with Crippen molar-refractivity contribution in [2.45, 2.75) is 71.0 Å². The van der Waals surface area contributed by atoms with Gasteiger partial charge in [-0.15, -0.1) is 0 Å². The molecule has 0 saturated carbocycles. The van der Waals surface area contributed by atoms with E-state index in [-0.39, 0.29) is 43.2 Å². The van der Waals surface area contributed by atoms with E-state index in [1.807, 2.05) is 6.92 Å². The summed E-state index contributed by atoms with van der Waals surface area (Å²) in [6.07, 6.45) is 7.26.